The number of rotatable bonds is 9. The van der Waals surface area contributed by atoms with E-state index in [0.717, 1.165) is 44.3 Å². The van der Waals surface area contributed by atoms with Crippen molar-refractivity contribution in [3.05, 3.63) is 58.0 Å². The Morgan fingerprint density at radius 2 is 1.82 bits per heavy atom. The highest BCUT2D eigenvalue weighted by molar-refractivity contribution is 5.96. The minimum Gasteiger partial charge on any atom is -0.328 e. The summed E-state index contributed by atoms with van der Waals surface area (Å²) < 4.78 is 1.99. The Labute approximate surface area is 223 Å². The summed E-state index contributed by atoms with van der Waals surface area (Å²) in [7, 11) is 0. The van der Waals surface area contributed by atoms with Crippen LogP contribution < -0.4 is 16.2 Å². The first-order valence-corrected chi connectivity index (χ1v) is 13.9. The standard InChI is InChI=1S/C29H38N6O3/c1-20(2)38-33-28(37)25-19-35(23-8-4-3-5-9-23)27-24(26(25)36)18-30-29(32-27)31-22-12-10-21(11-13-22)14-17-34-15-6-7-16-34/h10-13,18-20,23H,3-9,14-17H2,1-2H3,(H,33,37)(H,30,31,32). The zero-order valence-corrected chi connectivity index (χ0v) is 22.4. The Hall–Kier alpha value is -3.30. The number of amides is 1. The van der Waals surface area contributed by atoms with Crippen LogP contribution in [0.2, 0.25) is 0 Å². The number of nitrogens with one attached hydrogen (secondary N) is 2. The first kappa shape index (κ1) is 26.3. The molecule has 0 unspecified atom stereocenters. The van der Waals surface area contributed by atoms with Crippen molar-refractivity contribution in [2.45, 2.75) is 77.4 Å². The molecule has 2 aromatic heterocycles. The van der Waals surface area contributed by atoms with Crippen LogP contribution in [-0.2, 0) is 11.3 Å². The molecule has 38 heavy (non-hydrogen) atoms. The van der Waals surface area contributed by atoms with Crippen molar-refractivity contribution in [1.82, 2.24) is 24.9 Å². The monoisotopic (exact) mass is 518 g/mol. The highest BCUT2D eigenvalue weighted by Crippen LogP contribution is 2.30. The molecule has 3 heterocycles. The maximum absolute atomic E-state index is 13.3. The third kappa shape index (κ3) is 6.22. The molecule has 1 saturated heterocycles. The van der Waals surface area contributed by atoms with Crippen molar-refractivity contribution < 1.29 is 9.63 Å². The summed E-state index contributed by atoms with van der Waals surface area (Å²) in [6.45, 7) is 7.14. The third-order valence-electron chi connectivity index (χ3n) is 7.50. The summed E-state index contributed by atoms with van der Waals surface area (Å²) in [5, 5.41) is 3.62. The Morgan fingerprint density at radius 3 is 2.53 bits per heavy atom. The van der Waals surface area contributed by atoms with E-state index in [1.165, 1.54) is 44.1 Å². The lowest BCUT2D eigenvalue weighted by Gasteiger charge is -2.26. The molecule has 1 amide bonds. The topological polar surface area (TPSA) is 101 Å². The smallest absolute Gasteiger partial charge is 0.280 e. The summed E-state index contributed by atoms with van der Waals surface area (Å²) in [6, 6.07) is 8.54. The van der Waals surface area contributed by atoms with Crippen LogP contribution in [0.5, 0.6) is 0 Å². The van der Waals surface area contributed by atoms with Gasteiger partial charge in [-0.3, -0.25) is 14.4 Å². The number of fused-ring (bicyclic) bond motifs is 1. The molecule has 0 spiro atoms. The van der Waals surface area contributed by atoms with Crippen LogP contribution in [0.1, 0.15) is 80.8 Å². The quantitative estimate of drug-likeness (QED) is 0.394. The molecular weight excluding hydrogens is 480 g/mol. The third-order valence-corrected chi connectivity index (χ3v) is 7.50. The van der Waals surface area contributed by atoms with Gasteiger partial charge in [-0.1, -0.05) is 31.4 Å². The molecule has 9 heteroatoms. The van der Waals surface area contributed by atoms with Gasteiger partial charge in [-0.05, 0) is 76.7 Å². The van der Waals surface area contributed by atoms with Gasteiger partial charge >= 0.3 is 0 Å². The second-order valence-corrected chi connectivity index (χ2v) is 10.7. The first-order valence-electron chi connectivity index (χ1n) is 13.9. The van der Waals surface area contributed by atoms with Gasteiger partial charge in [-0.25, -0.2) is 10.5 Å². The number of benzene rings is 1. The molecule has 202 valence electrons. The number of carbonyl (C=O) groups excluding carboxylic acids is 1. The largest absolute Gasteiger partial charge is 0.328 e. The fourth-order valence-electron chi connectivity index (χ4n) is 5.40. The maximum atomic E-state index is 13.3. The number of hydrogen-bond acceptors (Lipinski definition) is 7. The van der Waals surface area contributed by atoms with Crippen LogP contribution in [0.3, 0.4) is 0 Å². The van der Waals surface area contributed by atoms with Gasteiger partial charge in [0.15, 0.2) is 0 Å². The summed E-state index contributed by atoms with van der Waals surface area (Å²) in [5.41, 5.74) is 4.78. The zero-order chi connectivity index (χ0) is 26.5. The minimum atomic E-state index is -0.554. The molecule has 0 radical (unpaired) electrons. The molecule has 2 fully saturated rings. The van der Waals surface area contributed by atoms with Crippen molar-refractivity contribution in [2.24, 2.45) is 0 Å². The highest BCUT2D eigenvalue weighted by atomic mass is 16.7. The number of carbonyl (C=O) groups is 1. The molecule has 3 aromatic rings. The average molecular weight is 519 g/mol. The summed E-state index contributed by atoms with van der Waals surface area (Å²) in [6.07, 6.45) is 12.0. The number of hydroxylamine groups is 1. The van der Waals surface area contributed by atoms with Crippen LogP contribution in [0.25, 0.3) is 11.0 Å². The van der Waals surface area contributed by atoms with E-state index in [1.54, 1.807) is 6.20 Å². The number of likely N-dealkylation sites (tertiary alicyclic amines) is 1. The lowest BCUT2D eigenvalue weighted by Crippen LogP contribution is -2.32. The lowest BCUT2D eigenvalue weighted by molar-refractivity contribution is 0.0000723. The van der Waals surface area contributed by atoms with Gasteiger partial charge in [0, 0.05) is 30.7 Å². The number of aromatic nitrogens is 3. The van der Waals surface area contributed by atoms with E-state index in [-0.39, 0.29) is 17.7 Å². The Kier molecular flexibility index (Phi) is 8.34. The van der Waals surface area contributed by atoms with Crippen molar-refractivity contribution in [1.29, 1.82) is 0 Å². The SMILES string of the molecule is CC(C)ONC(=O)c1cn(C2CCCCC2)c2nc(Nc3ccc(CCN4CCCC4)cc3)ncc2c1=O. The number of anilines is 2. The lowest BCUT2D eigenvalue weighted by atomic mass is 9.95. The van der Waals surface area contributed by atoms with E-state index in [2.05, 4.69) is 32.8 Å². The van der Waals surface area contributed by atoms with Crippen LogP contribution in [0.15, 0.2) is 41.5 Å². The first-order chi connectivity index (χ1) is 18.5. The predicted octanol–water partition coefficient (Wildman–Crippen LogP) is 4.75. The molecule has 2 aliphatic rings. The van der Waals surface area contributed by atoms with Gasteiger partial charge in [-0.2, -0.15) is 4.98 Å². The van der Waals surface area contributed by atoms with E-state index < -0.39 is 11.3 Å². The second kappa shape index (κ2) is 12.0. The summed E-state index contributed by atoms with van der Waals surface area (Å²) in [4.78, 5) is 43.0. The summed E-state index contributed by atoms with van der Waals surface area (Å²) in [5.74, 6) is -0.131. The number of nitrogens with zero attached hydrogens (tertiary/aromatic N) is 4. The molecule has 1 saturated carbocycles. The van der Waals surface area contributed by atoms with E-state index in [4.69, 9.17) is 9.82 Å². The van der Waals surface area contributed by atoms with Crippen LogP contribution in [0, 0.1) is 0 Å². The summed E-state index contributed by atoms with van der Waals surface area (Å²) >= 11 is 0. The fraction of sp³-hybridized carbons (Fsp3) is 0.517. The van der Waals surface area contributed by atoms with Gasteiger partial charge in [0.1, 0.15) is 11.2 Å². The highest BCUT2D eigenvalue weighted by Gasteiger charge is 2.23. The molecular formula is C29H38N6O3. The molecule has 0 bridgehead atoms. The molecule has 2 N–H and O–H groups in total. The second-order valence-electron chi connectivity index (χ2n) is 10.7. The van der Waals surface area contributed by atoms with E-state index in [9.17, 15) is 9.59 Å². The van der Waals surface area contributed by atoms with Crippen molar-refractivity contribution in [3.63, 3.8) is 0 Å². The van der Waals surface area contributed by atoms with Crippen LogP contribution >= 0.6 is 0 Å². The molecule has 5 rings (SSSR count). The molecule has 1 aliphatic heterocycles. The van der Waals surface area contributed by atoms with E-state index in [1.807, 2.05) is 30.5 Å². The number of hydrogen-bond donors (Lipinski definition) is 2. The Bertz CT molecular complexity index is 1310. The van der Waals surface area contributed by atoms with E-state index >= 15 is 0 Å². The van der Waals surface area contributed by atoms with Gasteiger partial charge in [-0.15, -0.1) is 0 Å². The minimum absolute atomic E-state index is 0.0394. The predicted molar refractivity (Wildman–Crippen MR) is 149 cm³/mol. The fourth-order valence-corrected chi connectivity index (χ4v) is 5.40. The van der Waals surface area contributed by atoms with E-state index in [0.29, 0.717) is 17.0 Å². The van der Waals surface area contributed by atoms with Gasteiger partial charge < -0.3 is 14.8 Å². The van der Waals surface area contributed by atoms with Crippen LogP contribution in [-0.4, -0.2) is 51.1 Å². The maximum Gasteiger partial charge on any atom is 0.280 e. The van der Waals surface area contributed by atoms with Crippen molar-refractivity contribution in [3.8, 4) is 0 Å². The normalized spacial score (nSPS) is 16.8. The van der Waals surface area contributed by atoms with Crippen LogP contribution in [0.4, 0.5) is 11.6 Å². The zero-order valence-electron chi connectivity index (χ0n) is 22.4. The Balaban J connectivity index is 1.40. The Morgan fingerprint density at radius 1 is 1.08 bits per heavy atom. The van der Waals surface area contributed by atoms with Gasteiger partial charge in [0.2, 0.25) is 11.4 Å². The molecule has 0 atom stereocenters. The van der Waals surface area contributed by atoms with Crippen molar-refractivity contribution >= 4 is 28.6 Å². The molecule has 1 aliphatic carbocycles. The molecule has 1 aromatic carbocycles. The number of pyridine rings is 1. The molecule has 9 nitrogen and oxygen atoms in total. The van der Waals surface area contributed by atoms with Gasteiger partial charge in [0.25, 0.3) is 5.91 Å². The average Bonchev–Trinajstić information content (AvgIpc) is 3.46. The van der Waals surface area contributed by atoms with Gasteiger partial charge in [0.05, 0.1) is 11.5 Å². The van der Waals surface area contributed by atoms with Crippen molar-refractivity contribution in [2.75, 3.05) is 25.0 Å².